The van der Waals surface area contributed by atoms with Gasteiger partial charge in [0.25, 0.3) is 0 Å². The van der Waals surface area contributed by atoms with Crippen molar-refractivity contribution in [2.75, 3.05) is 116 Å². The van der Waals surface area contributed by atoms with Gasteiger partial charge in [-0.15, -0.1) is 0 Å². The fourth-order valence-corrected chi connectivity index (χ4v) is 8.64. The van der Waals surface area contributed by atoms with Gasteiger partial charge in [0, 0.05) is 117 Å². The Morgan fingerprint density at radius 2 is 0.701 bits per heavy atom. The molecule has 1 aromatic rings. The summed E-state index contributed by atoms with van der Waals surface area (Å²) in [6.45, 7) is 35.7. The number of rotatable bonds is 8. The Balaban J connectivity index is 1.95. The maximum absolute atomic E-state index is 13.8. The van der Waals surface area contributed by atoms with Gasteiger partial charge >= 0.3 is 36.4 Å². The zero-order chi connectivity index (χ0) is 57.8. The van der Waals surface area contributed by atoms with Gasteiger partial charge in [0.2, 0.25) is 0 Å². The number of unbranched alkanes of at least 4 members (excludes halogenated alkanes) is 1. The van der Waals surface area contributed by atoms with E-state index in [1.54, 1.807) is 24.5 Å². The first-order valence-electron chi connectivity index (χ1n) is 28.1. The molecule has 0 unspecified atom stereocenters. The molecule has 2 aliphatic heterocycles. The molecular formula is C57H100N8O12. The number of anilines is 1. The highest BCUT2D eigenvalue weighted by Gasteiger charge is 2.30. The summed E-state index contributed by atoms with van der Waals surface area (Å²) in [6, 6.07) is 8.44. The summed E-state index contributed by atoms with van der Waals surface area (Å²) in [4.78, 5) is 94.8. The smallest absolute Gasteiger partial charge is 0.410 e. The average Bonchev–Trinajstić information content (AvgIpc) is 3.26. The number of hydrogen-bond acceptors (Lipinski definition) is 14. The minimum Gasteiger partial charge on any atom is -0.481 e. The SMILES string of the molecule is CC(C)(C)OC(=O)N1CCCN(C(=O)OC(C)(C)C)CCN(c2ccc(CN3CCCN(C(=O)OC(C)(C)C)CCN(C(=O)OC(C)(C)C)CCCN(C(=O)OC(C)(C)C)CC3)cc2)CCCN(CCCCC(=O)O)CC1. The number of hydrogen-bond donors (Lipinski definition) is 1. The predicted octanol–water partition coefficient (Wildman–Crippen LogP) is 9.63. The van der Waals surface area contributed by atoms with E-state index in [9.17, 15) is 33.9 Å². The fourth-order valence-electron chi connectivity index (χ4n) is 8.64. The molecule has 2 heterocycles. The molecule has 0 bridgehead atoms. The molecule has 440 valence electrons. The highest BCUT2D eigenvalue weighted by atomic mass is 16.6. The van der Waals surface area contributed by atoms with E-state index in [2.05, 4.69) is 39.0 Å². The van der Waals surface area contributed by atoms with E-state index >= 15 is 0 Å². The predicted molar refractivity (Wildman–Crippen MR) is 299 cm³/mol. The molecule has 3 rings (SSSR count). The van der Waals surface area contributed by atoms with Crippen LogP contribution in [0.25, 0.3) is 0 Å². The van der Waals surface area contributed by atoms with E-state index in [1.807, 2.05) is 104 Å². The Hall–Kier alpha value is -5.24. The molecule has 20 nitrogen and oxygen atoms in total. The summed E-state index contributed by atoms with van der Waals surface area (Å²) in [5.41, 5.74) is -1.51. The third-order valence-corrected chi connectivity index (χ3v) is 12.2. The second-order valence-corrected chi connectivity index (χ2v) is 25.4. The Kier molecular flexibility index (Phi) is 25.9. The molecule has 2 saturated heterocycles. The first-order chi connectivity index (χ1) is 35.6. The van der Waals surface area contributed by atoms with Gasteiger partial charge in [-0.1, -0.05) is 12.1 Å². The summed E-state index contributed by atoms with van der Waals surface area (Å²) in [6.07, 6.45) is 1.47. The summed E-state index contributed by atoms with van der Waals surface area (Å²) < 4.78 is 29.2. The summed E-state index contributed by atoms with van der Waals surface area (Å²) in [5.74, 6) is -0.819. The van der Waals surface area contributed by atoms with Gasteiger partial charge in [0.1, 0.15) is 28.0 Å². The highest BCUT2D eigenvalue weighted by Crippen LogP contribution is 2.21. The van der Waals surface area contributed by atoms with Crippen LogP contribution in [0.15, 0.2) is 24.3 Å². The number of aliphatic carboxylic acids is 1. The molecule has 1 aromatic carbocycles. The molecule has 1 N–H and O–H groups in total. The Morgan fingerprint density at radius 1 is 0.390 bits per heavy atom. The molecule has 77 heavy (non-hydrogen) atoms. The number of benzene rings is 1. The van der Waals surface area contributed by atoms with Crippen molar-refractivity contribution < 1.29 is 57.6 Å². The Morgan fingerprint density at radius 3 is 1.06 bits per heavy atom. The van der Waals surface area contributed by atoms with Crippen LogP contribution in [0.3, 0.4) is 0 Å². The fraction of sp³-hybridized carbons (Fsp3) is 0.789. The van der Waals surface area contributed by atoms with E-state index in [1.165, 1.54) is 0 Å². The molecule has 2 aliphatic rings. The Bertz CT molecular complexity index is 2000. The molecule has 5 amide bonds. The largest absolute Gasteiger partial charge is 0.481 e. The van der Waals surface area contributed by atoms with E-state index in [-0.39, 0.29) is 19.5 Å². The summed E-state index contributed by atoms with van der Waals surface area (Å²) >= 11 is 0. The number of carbonyl (C=O) groups is 6. The van der Waals surface area contributed by atoms with Gasteiger partial charge in [0.15, 0.2) is 0 Å². The minimum absolute atomic E-state index is 0.0997. The quantitative estimate of drug-likeness (QED) is 0.191. The van der Waals surface area contributed by atoms with Gasteiger partial charge in [-0.3, -0.25) is 9.69 Å². The summed E-state index contributed by atoms with van der Waals surface area (Å²) in [5, 5.41) is 9.32. The highest BCUT2D eigenvalue weighted by molar-refractivity contribution is 5.71. The van der Waals surface area contributed by atoms with E-state index < -0.39 is 64.4 Å². The lowest BCUT2D eigenvalue weighted by Gasteiger charge is -2.34. The minimum atomic E-state index is -0.819. The van der Waals surface area contributed by atoms with Crippen LogP contribution in [0.4, 0.5) is 29.7 Å². The van der Waals surface area contributed by atoms with Crippen molar-refractivity contribution in [3.05, 3.63) is 29.8 Å². The molecule has 0 spiro atoms. The van der Waals surface area contributed by atoms with Crippen LogP contribution < -0.4 is 4.90 Å². The Labute approximate surface area is 461 Å². The number of carbonyl (C=O) groups excluding carboxylic acids is 5. The third-order valence-electron chi connectivity index (χ3n) is 12.2. The lowest BCUT2D eigenvalue weighted by atomic mass is 10.1. The van der Waals surface area contributed by atoms with Gasteiger partial charge < -0.3 is 63.1 Å². The van der Waals surface area contributed by atoms with Crippen molar-refractivity contribution in [3.8, 4) is 0 Å². The van der Waals surface area contributed by atoms with Crippen molar-refractivity contribution in [2.45, 2.75) is 183 Å². The number of nitrogens with zero attached hydrogens (tertiary/aromatic N) is 8. The molecule has 0 aromatic heterocycles. The standard InChI is InChI=1S/C57H100N8O12/c1-53(2,3)73-48(68)61-32-20-34-64(51(71)76-56(10,11)12)41-40-60(30-18-28-58(36-38-61)27-17-16-22-47(66)67)46-25-23-45(24-26-46)44-59-29-19-31-63(50(70)75-55(7,8)9)42-43-65(52(72)77-57(13,14)15)35-21-33-62(39-37-59)49(69)74-54(4,5)6/h23-26H,16-22,27-44H2,1-15H3,(H,66,67). The van der Waals surface area contributed by atoms with E-state index in [4.69, 9.17) is 23.7 Å². The molecule has 0 atom stereocenters. The van der Waals surface area contributed by atoms with Gasteiger partial charge in [-0.25, -0.2) is 24.0 Å². The number of carboxylic acid groups (broad SMARTS) is 1. The van der Waals surface area contributed by atoms with Gasteiger partial charge in [0.05, 0.1) is 0 Å². The lowest BCUT2D eigenvalue weighted by Crippen LogP contribution is -2.47. The van der Waals surface area contributed by atoms with Crippen molar-refractivity contribution in [3.63, 3.8) is 0 Å². The molecule has 0 radical (unpaired) electrons. The lowest BCUT2D eigenvalue weighted by molar-refractivity contribution is -0.137. The van der Waals surface area contributed by atoms with E-state index in [0.29, 0.717) is 137 Å². The van der Waals surface area contributed by atoms with Gasteiger partial charge in [-0.2, -0.15) is 0 Å². The van der Waals surface area contributed by atoms with Crippen LogP contribution in [0.2, 0.25) is 0 Å². The van der Waals surface area contributed by atoms with E-state index in [0.717, 1.165) is 17.7 Å². The van der Waals surface area contributed by atoms with Crippen LogP contribution in [-0.4, -0.2) is 215 Å². The van der Waals surface area contributed by atoms with Crippen LogP contribution in [-0.2, 0) is 35.0 Å². The monoisotopic (exact) mass is 1090 g/mol. The van der Waals surface area contributed by atoms with Gasteiger partial charge in [-0.05, 0) is 173 Å². The molecule has 2 fully saturated rings. The normalized spacial score (nSPS) is 17.9. The number of amides is 5. The van der Waals surface area contributed by atoms with Crippen molar-refractivity contribution in [1.29, 1.82) is 0 Å². The maximum Gasteiger partial charge on any atom is 0.410 e. The zero-order valence-electron chi connectivity index (χ0n) is 50.0. The third kappa shape index (κ3) is 28.3. The molecular weight excluding hydrogens is 989 g/mol. The van der Waals surface area contributed by atoms with Crippen molar-refractivity contribution >= 4 is 42.1 Å². The second-order valence-electron chi connectivity index (χ2n) is 25.4. The van der Waals surface area contributed by atoms with Crippen molar-refractivity contribution in [2.24, 2.45) is 0 Å². The van der Waals surface area contributed by atoms with Crippen LogP contribution >= 0.6 is 0 Å². The first-order valence-corrected chi connectivity index (χ1v) is 28.1. The maximum atomic E-state index is 13.8. The number of ether oxygens (including phenoxy) is 5. The molecule has 0 saturated carbocycles. The van der Waals surface area contributed by atoms with Crippen molar-refractivity contribution in [1.82, 2.24) is 34.3 Å². The second kappa shape index (κ2) is 30.2. The number of carboxylic acids is 1. The van der Waals surface area contributed by atoms with Crippen LogP contribution in [0, 0.1) is 0 Å². The van der Waals surface area contributed by atoms with Crippen LogP contribution in [0.1, 0.15) is 154 Å². The summed E-state index contributed by atoms with van der Waals surface area (Å²) in [7, 11) is 0. The van der Waals surface area contributed by atoms with Crippen LogP contribution in [0.5, 0.6) is 0 Å². The molecule has 20 heteroatoms. The zero-order valence-corrected chi connectivity index (χ0v) is 50.0. The first kappa shape index (κ1) is 66.0. The topological polar surface area (TPSA) is 195 Å². The molecule has 0 aliphatic carbocycles. The average molecular weight is 1090 g/mol.